The monoisotopic (exact) mass is 306 g/mol. The highest BCUT2D eigenvalue weighted by atomic mass is 19.1. The number of hydrogen-bond acceptors (Lipinski definition) is 4. The van der Waals surface area contributed by atoms with Crippen LogP contribution in [0.4, 0.5) is 10.2 Å². The Kier molecular flexibility index (Phi) is 3.85. The standard InChI is InChI=1S/C17H11FN4O/c18-13-3-5-14(6-4-13)22-11-21-16(9-19)17(22)20-10-12-1-7-15(23)8-2-12/h1-8,10-11,23H/b20-10+. The summed E-state index contributed by atoms with van der Waals surface area (Å²) in [5.41, 5.74) is 1.58. The van der Waals surface area contributed by atoms with Crippen LogP contribution in [0.1, 0.15) is 11.3 Å². The molecule has 3 rings (SSSR count). The average molecular weight is 306 g/mol. The van der Waals surface area contributed by atoms with E-state index in [0.29, 0.717) is 11.5 Å². The minimum Gasteiger partial charge on any atom is -0.508 e. The number of rotatable bonds is 3. The first-order chi connectivity index (χ1) is 11.2. The SMILES string of the molecule is N#Cc1ncn(-c2ccc(F)cc2)c1/N=C/c1ccc(O)cc1. The smallest absolute Gasteiger partial charge is 0.185 e. The van der Waals surface area contributed by atoms with Crippen LogP contribution in [0.25, 0.3) is 5.69 Å². The Morgan fingerprint density at radius 2 is 1.83 bits per heavy atom. The van der Waals surface area contributed by atoms with Crippen molar-refractivity contribution in [1.82, 2.24) is 9.55 Å². The third-order valence-electron chi connectivity index (χ3n) is 3.18. The third-order valence-corrected chi connectivity index (χ3v) is 3.18. The van der Waals surface area contributed by atoms with Gasteiger partial charge in [-0.15, -0.1) is 0 Å². The van der Waals surface area contributed by atoms with Gasteiger partial charge >= 0.3 is 0 Å². The molecule has 0 unspecified atom stereocenters. The molecule has 6 heteroatoms. The van der Waals surface area contributed by atoms with Gasteiger partial charge in [0.25, 0.3) is 0 Å². The minimum atomic E-state index is -0.344. The number of imidazole rings is 1. The Morgan fingerprint density at radius 3 is 2.48 bits per heavy atom. The molecule has 1 heterocycles. The molecule has 0 spiro atoms. The fourth-order valence-electron chi connectivity index (χ4n) is 2.03. The predicted octanol–water partition coefficient (Wildman–Crippen LogP) is 3.34. The van der Waals surface area contributed by atoms with Crippen molar-refractivity contribution in [2.45, 2.75) is 0 Å². The highest BCUT2D eigenvalue weighted by Gasteiger charge is 2.11. The summed E-state index contributed by atoms with van der Waals surface area (Å²) < 4.78 is 14.7. The molecule has 1 aromatic heterocycles. The van der Waals surface area contributed by atoms with Gasteiger partial charge < -0.3 is 5.11 Å². The van der Waals surface area contributed by atoms with Gasteiger partial charge in [-0.1, -0.05) is 0 Å². The average Bonchev–Trinajstić information content (AvgIpc) is 2.98. The number of hydrogen-bond donors (Lipinski definition) is 1. The predicted molar refractivity (Wildman–Crippen MR) is 83.6 cm³/mol. The number of phenolic OH excluding ortho intramolecular Hbond substituents is 1. The van der Waals surface area contributed by atoms with Crippen LogP contribution >= 0.6 is 0 Å². The maximum Gasteiger partial charge on any atom is 0.185 e. The van der Waals surface area contributed by atoms with Crippen LogP contribution in [-0.2, 0) is 0 Å². The van der Waals surface area contributed by atoms with Gasteiger partial charge in [-0.2, -0.15) is 5.26 Å². The molecule has 5 nitrogen and oxygen atoms in total. The Hall–Kier alpha value is -3.46. The number of phenols is 1. The lowest BCUT2D eigenvalue weighted by Gasteiger charge is -2.04. The Morgan fingerprint density at radius 1 is 1.13 bits per heavy atom. The largest absolute Gasteiger partial charge is 0.508 e. The van der Waals surface area contributed by atoms with E-state index >= 15 is 0 Å². The molecular formula is C17H11FN4O. The lowest BCUT2D eigenvalue weighted by molar-refractivity contribution is 0.475. The zero-order chi connectivity index (χ0) is 16.2. The van der Waals surface area contributed by atoms with Crippen LogP contribution in [0, 0.1) is 17.1 Å². The van der Waals surface area contributed by atoms with Crippen molar-refractivity contribution in [3.63, 3.8) is 0 Å². The summed E-state index contributed by atoms with van der Waals surface area (Å²) in [6, 6.07) is 14.3. The van der Waals surface area contributed by atoms with Gasteiger partial charge in [0.1, 0.15) is 24.0 Å². The molecule has 0 saturated carbocycles. The van der Waals surface area contributed by atoms with E-state index in [1.165, 1.54) is 18.5 Å². The Labute approximate surface area is 131 Å². The molecule has 0 amide bonds. The topological polar surface area (TPSA) is 74.2 Å². The van der Waals surface area contributed by atoms with Crippen molar-refractivity contribution in [3.05, 3.63) is 71.9 Å². The molecule has 3 aromatic rings. The molecule has 112 valence electrons. The van der Waals surface area contributed by atoms with Gasteiger partial charge in [-0.25, -0.2) is 14.4 Å². The van der Waals surface area contributed by atoms with Gasteiger partial charge in [0.2, 0.25) is 0 Å². The summed E-state index contributed by atoms with van der Waals surface area (Å²) >= 11 is 0. The maximum absolute atomic E-state index is 13.0. The second kappa shape index (κ2) is 6.12. The van der Waals surface area contributed by atoms with E-state index in [0.717, 1.165) is 5.56 Å². The molecule has 0 aliphatic carbocycles. The molecule has 23 heavy (non-hydrogen) atoms. The van der Waals surface area contributed by atoms with Crippen molar-refractivity contribution < 1.29 is 9.50 Å². The van der Waals surface area contributed by atoms with E-state index in [9.17, 15) is 9.50 Å². The highest BCUT2D eigenvalue weighted by Crippen LogP contribution is 2.23. The van der Waals surface area contributed by atoms with E-state index in [1.807, 2.05) is 6.07 Å². The van der Waals surface area contributed by atoms with Crippen LogP contribution < -0.4 is 0 Å². The van der Waals surface area contributed by atoms with Crippen LogP contribution in [0.5, 0.6) is 5.75 Å². The van der Waals surface area contributed by atoms with Crippen LogP contribution in [-0.4, -0.2) is 20.9 Å². The number of aromatic nitrogens is 2. The number of nitriles is 1. The molecule has 0 aliphatic heterocycles. The molecule has 0 bridgehead atoms. The quantitative estimate of drug-likeness (QED) is 0.754. The van der Waals surface area contributed by atoms with Gasteiger partial charge in [0.15, 0.2) is 11.5 Å². The molecule has 0 aliphatic rings. The zero-order valence-electron chi connectivity index (χ0n) is 11.9. The summed E-state index contributed by atoms with van der Waals surface area (Å²) in [6.45, 7) is 0. The van der Waals surface area contributed by atoms with E-state index in [1.54, 1.807) is 47.2 Å². The number of aromatic hydroxyl groups is 1. The first kappa shape index (κ1) is 14.5. The lowest BCUT2D eigenvalue weighted by atomic mass is 10.2. The summed E-state index contributed by atoms with van der Waals surface area (Å²) in [5.74, 6) is 0.173. The fourth-order valence-corrected chi connectivity index (χ4v) is 2.03. The summed E-state index contributed by atoms with van der Waals surface area (Å²) in [4.78, 5) is 8.33. The van der Waals surface area contributed by atoms with E-state index in [2.05, 4.69) is 9.98 Å². The first-order valence-electron chi connectivity index (χ1n) is 6.74. The minimum absolute atomic E-state index is 0.163. The van der Waals surface area contributed by atoms with Crippen molar-refractivity contribution in [1.29, 1.82) is 5.26 Å². The molecule has 0 fully saturated rings. The summed E-state index contributed by atoms with van der Waals surface area (Å²) in [7, 11) is 0. The van der Waals surface area contributed by atoms with Crippen LogP contribution in [0.2, 0.25) is 0 Å². The number of halogens is 1. The van der Waals surface area contributed by atoms with Crippen LogP contribution in [0.3, 0.4) is 0 Å². The maximum atomic E-state index is 13.0. The normalized spacial score (nSPS) is 10.8. The number of aliphatic imine (C=N–C) groups is 1. The van der Waals surface area contributed by atoms with E-state index in [-0.39, 0.29) is 17.3 Å². The molecule has 2 aromatic carbocycles. The van der Waals surface area contributed by atoms with Crippen molar-refractivity contribution in [2.75, 3.05) is 0 Å². The molecule has 0 saturated heterocycles. The van der Waals surface area contributed by atoms with Crippen LogP contribution in [0.15, 0.2) is 59.9 Å². The second-order valence-corrected chi connectivity index (χ2v) is 4.72. The number of benzene rings is 2. The van der Waals surface area contributed by atoms with E-state index in [4.69, 9.17) is 5.26 Å². The third kappa shape index (κ3) is 3.09. The summed E-state index contributed by atoms with van der Waals surface area (Å²) in [5, 5.41) is 18.4. The second-order valence-electron chi connectivity index (χ2n) is 4.72. The van der Waals surface area contributed by atoms with Gasteiger partial charge in [0, 0.05) is 11.9 Å². The summed E-state index contributed by atoms with van der Waals surface area (Å²) in [6.07, 6.45) is 3.03. The molecular weight excluding hydrogens is 295 g/mol. The zero-order valence-corrected chi connectivity index (χ0v) is 11.9. The number of nitrogens with zero attached hydrogens (tertiary/aromatic N) is 4. The molecule has 0 radical (unpaired) electrons. The fraction of sp³-hybridized carbons (Fsp3) is 0. The Bertz CT molecular complexity index is 890. The van der Waals surface area contributed by atoms with Gasteiger partial charge in [-0.3, -0.25) is 4.57 Å². The van der Waals surface area contributed by atoms with E-state index < -0.39 is 0 Å². The Balaban J connectivity index is 2.01. The highest BCUT2D eigenvalue weighted by molar-refractivity contribution is 5.82. The van der Waals surface area contributed by atoms with Crippen molar-refractivity contribution >= 4 is 12.0 Å². The first-order valence-corrected chi connectivity index (χ1v) is 6.74. The lowest BCUT2D eigenvalue weighted by Crippen LogP contribution is -1.92. The van der Waals surface area contributed by atoms with Crippen molar-refractivity contribution in [2.24, 2.45) is 4.99 Å². The molecule has 1 N–H and O–H groups in total. The molecule has 0 atom stereocenters. The van der Waals surface area contributed by atoms with Gasteiger partial charge in [0.05, 0.1) is 0 Å². The van der Waals surface area contributed by atoms with Gasteiger partial charge in [-0.05, 0) is 54.1 Å². The van der Waals surface area contributed by atoms with Crippen molar-refractivity contribution in [3.8, 4) is 17.5 Å².